The van der Waals surface area contributed by atoms with Crippen LogP contribution in [-0.2, 0) is 61.9 Å². The molecule has 0 amide bonds. The zero-order valence-corrected chi connectivity index (χ0v) is 43.3. The molecule has 10 unspecified atom stereocenters. The van der Waals surface area contributed by atoms with Crippen molar-refractivity contribution in [3.8, 4) is 5.75 Å². The molecule has 0 saturated carbocycles. The highest BCUT2D eigenvalue weighted by atomic mass is 35.5. The van der Waals surface area contributed by atoms with Gasteiger partial charge in [0.05, 0.1) is 41.5 Å². The number of ether oxygens (including phenoxy) is 9. The van der Waals surface area contributed by atoms with Gasteiger partial charge in [-0.3, -0.25) is 14.4 Å². The zero-order valence-electron chi connectivity index (χ0n) is 42.5. The molecule has 0 radical (unpaired) electrons. The van der Waals surface area contributed by atoms with Crippen molar-refractivity contribution in [2.45, 2.75) is 173 Å². The number of halogens is 1. The van der Waals surface area contributed by atoms with Gasteiger partial charge in [-0.2, -0.15) is 0 Å². The first-order chi connectivity index (χ1) is 32.2. The fourth-order valence-corrected chi connectivity index (χ4v) is 11.2. The van der Waals surface area contributed by atoms with Crippen LogP contribution in [0.25, 0.3) is 0 Å². The molecule has 4 aliphatic heterocycles. The number of oxime groups is 1. The maximum atomic E-state index is 15.1. The number of nitrogens with two attached hydrogens (primary N) is 1. The smallest absolute Gasteiger partial charge is 0.372 e. The highest BCUT2D eigenvalue weighted by Gasteiger charge is 2.63. The third kappa shape index (κ3) is 12.2. The van der Waals surface area contributed by atoms with E-state index in [1.807, 2.05) is 32.8 Å². The highest BCUT2D eigenvalue weighted by Crippen LogP contribution is 2.49. The number of Topliss-reactive ketones (excluding diaryl/α,β-unsaturated/α-hetero) is 1. The van der Waals surface area contributed by atoms with Gasteiger partial charge in [0.2, 0.25) is 0 Å². The molecule has 4 N–H and O–H groups in total. The molecule has 0 aromatic heterocycles. The van der Waals surface area contributed by atoms with Gasteiger partial charge in [-0.25, -0.2) is 4.79 Å². The second-order valence-electron chi connectivity index (χ2n) is 20.3. The molecule has 4 aliphatic rings. The Morgan fingerprint density at radius 1 is 0.942 bits per heavy atom. The van der Waals surface area contributed by atoms with Crippen molar-refractivity contribution in [1.29, 1.82) is 0 Å². The lowest BCUT2D eigenvalue weighted by atomic mass is 9.67. The monoisotopic (exact) mass is 997 g/mol. The fraction of sp³-hybridized carbons (Fsp3) is 0.776. The van der Waals surface area contributed by atoms with Gasteiger partial charge in [-0.15, -0.1) is 0 Å². The van der Waals surface area contributed by atoms with Crippen molar-refractivity contribution >= 4 is 41.1 Å². The van der Waals surface area contributed by atoms with E-state index >= 15 is 4.79 Å². The molecular formula is C49H76ClN3O16. The molecule has 4 heterocycles. The molecule has 1 aromatic carbocycles. The summed E-state index contributed by atoms with van der Waals surface area (Å²) < 4.78 is 56.6. The lowest BCUT2D eigenvalue weighted by Crippen LogP contribution is -2.61. The fourth-order valence-electron chi connectivity index (χ4n) is 11.0. The molecule has 5 rings (SSSR count). The van der Waals surface area contributed by atoms with Gasteiger partial charge in [0.25, 0.3) is 0 Å². The van der Waals surface area contributed by atoms with Crippen LogP contribution in [0.5, 0.6) is 5.75 Å². The number of esters is 2. The van der Waals surface area contributed by atoms with E-state index in [1.54, 1.807) is 73.6 Å². The van der Waals surface area contributed by atoms with Crippen LogP contribution in [0.2, 0.25) is 5.02 Å². The van der Waals surface area contributed by atoms with E-state index in [2.05, 4.69) is 5.16 Å². The van der Waals surface area contributed by atoms with Gasteiger partial charge < -0.3 is 68.3 Å². The molecule has 0 aliphatic carbocycles. The van der Waals surface area contributed by atoms with Crippen molar-refractivity contribution in [2.75, 3.05) is 34.9 Å². The van der Waals surface area contributed by atoms with Crippen LogP contribution in [0.3, 0.4) is 0 Å². The summed E-state index contributed by atoms with van der Waals surface area (Å²) in [6.45, 7) is 16.7. The number of amidine groups is 1. The van der Waals surface area contributed by atoms with Crippen molar-refractivity contribution < 1.29 is 76.9 Å². The van der Waals surface area contributed by atoms with Crippen LogP contribution >= 0.6 is 11.6 Å². The number of carbonyl (C=O) groups is 4. The molecule has 4 saturated heterocycles. The van der Waals surface area contributed by atoms with Crippen molar-refractivity contribution in [2.24, 2.45) is 46.4 Å². The van der Waals surface area contributed by atoms with Crippen molar-refractivity contribution in [3.05, 3.63) is 29.3 Å². The van der Waals surface area contributed by atoms with E-state index in [4.69, 9.17) is 64.8 Å². The van der Waals surface area contributed by atoms with Gasteiger partial charge >= 0.3 is 17.9 Å². The predicted molar refractivity (Wildman–Crippen MR) is 251 cm³/mol. The zero-order chi connectivity index (χ0) is 51.5. The molecule has 0 spiro atoms. The van der Waals surface area contributed by atoms with Crippen LogP contribution in [0, 0.1) is 35.5 Å². The number of hydrogen-bond acceptors (Lipinski definition) is 18. The SMILES string of the molecule is CC[C@H]1OC(=O)[C@H](C)[C@@H](OC2CC(C)(OC)C(O)C(C)O2)[C@H](C)[C@@H](OC2OC(C)CC(N(C)C)C2O)[C@@](C)(OC)C[C@@H](C)C(=O)[C@H](C)C2C(/C(N)=N\OC(=O)COc3cccc(Cl)c3)C(=O)O[C@@]21C. The molecule has 390 valence electrons. The molecule has 1 aromatic rings. The Labute approximate surface area is 411 Å². The summed E-state index contributed by atoms with van der Waals surface area (Å²) in [5.74, 6) is -9.28. The van der Waals surface area contributed by atoms with E-state index in [1.165, 1.54) is 20.3 Å². The average molecular weight is 999 g/mol. The summed E-state index contributed by atoms with van der Waals surface area (Å²) in [5.41, 5.74) is 2.38. The second kappa shape index (κ2) is 22.9. The van der Waals surface area contributed by atoms with Crippen LogP contribution in [0.4, 0.5) is 0 Å². The number of ketones is 1. The van der Waals surface area contributed by atoms with Crippen molar-refractivity contribution in [3.63, 3.8) is 0 Å². The first kappa shape index (κ1) is 56.4. The van der Waals surface area contributed by atoms with Crippen molar-refractivity contribution in [1.82, 2.24) is 4.90 Å². The van der Waals surface area contributed by atoms with E-state index in [0.717, 1.165) is 0 Å². The predicted octanol–water partition coefficient (Wildman–Crippen LogP) is 4.42. The average Bonchev–Trinajstić information content (AvgIpc) is 3.58. The number of cyclic esters (lactones) is 1. The maximum absolute atomic E-state index is 15.1. The molecule has 4 fully saturated rings. The Hall–Kier alpha value is -3.50. The van der Waals surface area contributed by atoms with E-state index < -0.39 is 132 Å². The normalized spacial score (nSPS) is 41.7. The Morgan fingerprint density at radius 2 is 1.61 bits per heavy atom. The van der Waals surface area contributed by atoms with E-state index in [-0.39, 0.29) is 37.2 Å². The van der Waals surface area contributed by atoms with E-state index in [0.29, 0.717) is 17.2 Å². The van der Waals surface area contributed by atoms with Crippen LogP contribution in [0.1, 0.15) is 94.9 Å². The molecule has 0 bridgehead atoms. The minimum atomic E-state index is -1.67. The molecule has 20 heteroatoms. The lowest BCUT2D eigenvalue weighted by Gasteiger charge is -2.50. The summed E-state index contributed by atoms with van der Waals surface area (Å²) in [5, 5.41) is 27.1. The molecule has 19 nitrogen and oxygen atoms in total. The molecular weight excluding hydrogens is 922 g/mol. The Balaban J connectivity index is 1.60. The summed E-state index contributed by atoms with van der Waals surface area (Å²) in [4.78, 5) is 63.9. The number of hydrogen-bond donors (Lipinski definition) is 3. The number of aliphatic hydroxyl groups is 2. The largest absolute Gasteiger partial charge is 0.482 e. The van der Waals surface area contributed by atoms with Gasteiger partial charge in [-0.1, -0.05) is 50.5 Å². The van der Waals surface area contributed by atoms with Gasteiger partial charge in [0, 0.05) is 55.4 Å². The Bertz CT molecular complexity index is 2000. The molecule has 69 heavy (non-hydrogen) atoms. The highest BCUT2D eigenvalue weighted by molar-refractivity contribution is 6.30. The van der Waals surface area contributed by atoms with E-state index in [9.17, 15) is 24.6 Å². The van der Waals surface area contributed by atoms with Gasteiger partial charge in [0.15, 0.2) is 30.6 Å². The van der Waals surface area contributed by atoms with Gasteiger partial charge in [-0.05, 0) is 93.1 Å². The number of aliphatic hydroxyl groups excluding tert-OH is 2. The third-order valence-electron chi connectivity index (χ3n) is 15.0. The number of methoxy groups -OCH3 is 2. The Morgan fingerprint density at radius 3 is 2.22 bits per heavy atom. The number of rotatable bonds is 13. The van der Waals surface area contributed by atoms with Gasteiger partial charge in [0.1, 0.15) is 35.8 Å². The standard InChI is InChI=1S/C49H76ClN3O16/c1-15-33-49(10)37(36(45(59)68-49)43(51)52-69-34(54)23-62-31-18-16-17-30(50)20-31)26(4)38(55)24(2)21-48(9,61-14)42(67-46-39(56)32(53(11)12)19-25(3)63-46)27(5)40(28(6)44(58)65-33)66-35-22-47(8,60-13)41(57)29(7)64-35/h16-18,20,24-29,32-33,35-37,39-42,46,56-57H,15,19,21-23H2,1-14H3,(H2,51,52)/t24-,25?,26-,27+,28-,29?,32?,33-,35?,36?,37?,39?,40+,41?,42-,46?,47?,48+,49-/m1/s1. The number of benzene rings is 1. The summed E-state index contributed by atoms with van der Waals surface area (Å²) in [7, 11) is 6.70. The summed E-state index contributed by atoms with van der Waals surface area (Å²) in [6.07, 6.45) is -7.93. The molecule has 19 atom stereocenters. The van der Waals surface area contributed by atoms with Crippen LogP contribution in [0.15, 0.2) is 29.4 Å². The second-order valence-corrected chi connectivity index (χ2v) is 20.7. The first-order valence-electron chi connectivity index (χ1n) is 23.9. The number of carbonyl (C=O) groups excluding carboxylic acids is 4. The van der Waals surface area contributed by atoms with Crippen LogP contribution in [-0.4, -0.2) is 158 Å². The number of fused-ring (bicyclic) bond motifs is 1. The third-order valence-corrected chi connectivity index (χ3v) is 15.3. The lowest BCUT2D eigenvalue weighted by molar-refractivity contribution is -0.319. The number of nitrogens with zero attached hydrogens (tertiary/aromatic N) is 2. The summed E-state index contributed by atoms with van der Waals surface area (Å²) >= 11 is 6.04. The minimum Gasteiger partial charge on any atom is -0.482 e. The quantitative estimate of drug-likeness (QED) is 0.0814. The topological polar surface area (TPSA) is 243 Å². The minimum absolute atomic E-state index is 0.0293. The summed E-state index contributed by atoms with van der Waals surface area (Å²) in [6, 6.07) is 6.04. The Kier molecular flexibility index (Phi) is 18.7. The van der Waals surface area contributed by atoms with Crippen LogP contribution < -0.4 is 10.5 Å². The maximum Gasteiger partial charge on any atom is 0.372 e. The number of likely N-dealkylation sites (N-methyl/N-ethyl adjacent to an activating group) is 1. The first-order valence-corrected chi connectivity index (χ1v) is 24.3.